The maximum absolute atomic E-state index is 12.5. The predicted molar refractivity (Wildman–Crippen MR) is 111 cm³/mol. The Labute approximate surface area is 172 Å². The van der Waals surface area contributed by atoms with Gasteiger partial charge in [0.1, 0.15) is 6.61 Å². The molecule has 3 heterocycles. The number of carbonyl (C=O) groups is 1. The van der Waals surface area contributed by atoms with Crippen LogP contribution in [0.4, 0.5) is 0 Å². The van der Waals surface area contributed by atoms with Crippen molar-refractivity contribution in [3.05, 3.63) is 59.8 Å². The second-order valence-electron chi connectivity index (χ2n) is 7.84. The van der Waals surface area contributed by atoms with E-state index in [1.54, 1.807) is 18.3 Å². The van der Waals surface area contributed by atoms with Gasteiger partial charge in [0.25, 0.3) is 5.91 Å². The summed E-state index contributed by atoms with van der Waals surface area (Å²) in [6.45, 7) is 4.28. The van der Waals surface area contributed by atoms with Crippen LogP contribution in [-0.2, 0) is 11.3 Å². The zero-order valence-corrected chi connectivity index (χ0v) is 16.8. The average Bonchev–Trinajstić information content (AvgIpc) is 3.28. The highest BCUT2D eigenvalue weighted by molar-refractivity contribution is 5.94. The standard InChI is InChI=1S/C23H29N3O3/c27-23(19-8-9-22(24-15-19)29-17-21-7-4-14-28-21)25-20-10-12-26(13-11-20)16-18-5-2-1-3-6-18/h1-3,5-6,8-9,15,20-21H,4,7,10-14,16-17H2,(H,25,27). The minimum Gasteiger partial charge on any atom is -0.475 e. The van der Waals surface area contributed by atoms with Gasteiger partial charge < -0.3 is 14.8 Å². The highest BCUT2D eigenvalue weighted by atomic mass is 16.5. The summed E-state index contributed by atoms with van der Waals surface area (Å²) in [5.41, 5.74) is 1.91. The molecule has 2 aromatic rings. The van der Waals surface area contributed by atoms with Gasteiger partial charge >= 0.3 is 0 Å². The van der Waals surface area contributed by atoms with E-state index < -0.39 is 0 Å². The Bertz CT molecular complexity index is 768. The lowest BCUT2D eigenvalue weighted by atomic mass is 10.0. The van der Waals surface area contributed by atoms with Gasteiger partial charge in [-0.15, -0.1) is 0 Å². The minimum atomic E-state index is -0.0651. The number of pyridine rings is 1. The van der Waals surface area contributed by atoms with E-state index in [1.165, 1.54) is 5.56 Å². The number of benzene rings is 1. The molecule has 4 rings (SSSR count). The molecule has 2 aliphatic heterocycles. The van der Waals surface area contributed by atoms with E-state index in [1.807, 2.05) is 6.07 Å². The Morgan fingerprint density at radius 1 is 1.14 bits per heavy atom. The van der Waals surface area contributed by atoms with Gasteiger partial charge in [-0.2, -0.15) is 0 Å². The number of nitrogens with one attached hydrogen (secondary N) is 1. The molecule has 1 unspecified atom stereocenters. The van der Waals surface area contributed by atoms with Gasteiger partial charge in [0, 0.05) is 44.5 Å². The molecule has 0 spiro atoms. The summed E-state index contributed by atoms with van der Waals surface area (Å²) < 4.78 is 11.2. The van der Waals surface area contributed by atoms with Crippen LogP contribution in [-0.4, -0.2) is 54.2 Å². The third kappa shape index (κ3) is 5.78. The summed E-state index contributed by atoms with van der Waals surface area (Å²) in [7, 11) is 0. The fraction of sp³-hybridized carbons (Fsp3) is 0.478. The van der Waals surface area contributed by atoms with Crippen molar-refractivity contribution in [2.75, 3.05) is 26.3 Å². The minimum absolute atomic E-state index is 0.0651. The quantitative estimate of drug-likeness (QED) is 0.781. The highest BCUT2D eigenvalue weighted by Crippen LogP contribution is 2.16. The number of nitrogens with zero attached hydrogens (tertiary/aromatic N) is 2. The second kappa shape index (κ2) is 9.85. The van der Waals surface area contributed by atoms with Crippen LogP contribution in [0, 0.1) is 0 Å². The van der Waals surface area contributed by atoms with E-state index in [9.17, 15) is 4.79 Å². The normalized spacial score (nSPS) is 20.5. The first kappa shape index (κ1) is 19.9. The fourth-order valence-corrected chi connectivity index (χ4v) is 3.90. The first-order valence-corrected chi connectivity index (χ1v) is 10.5. The van der Waals surface area contributed by atoms with Crippen molar-refractivity contribution in [1.82, 2.24) is 15.2 Å². The van der Waals surface area contributed by atoms with Gasteiger partial charge in [-0.1, -0.05) is 30.3 Å². The number of piperidine rings is 1. The van der Waals surface area contributed by atoms with Crippen LogP contribution in [0.3, 0.4) is 0 Å². The Balaban J connectivity index is 1.20. The average molecular weight is 396 g/mol. The van der Waals surface area contributed by atoms with Gasteiger partial charge in [0.2, 0.25) is 5.88 Å². The van der Waals surface area contributed by atoms with Crippen molar-refractivity contribution in [1.29, 1.82) is 0 Å². The Morgan fingerprint density at radius 2 is 1.97 bits per heavy atom. The lowest BCUT2D eigenvalue weighted by molar-refractivity contribution is 0.0663. The van der Waals surface area contributed by atoms with E-state index in [4.69, 9.17) is 9.47 Å². The Hall–Kier alpha value is -2.44. The highest BCUT2D eigenvalue weighted by Gasteiger charge is 2.21. The number of aromatic nitrogens is 1. The molecule has 6 nitrogen and oxygen atoms in total. The van der Waals surface area contributed by atoms with Crippen molar-refractivity contribution in [3.8, 4) is 5.88 Å². The number of hydrogen-bond donors (Lipinski definition) is 1. The topological polar surface area (TPSA) is 63.7 Å². The van der Waals surface area contributed by atoms with E-state index in [0.29, 0.717) is 18.1 Å². The largest absolute Gasteiger partial charge is 0.475 e. The van der Waals surface area contributed by atoms with Crippen molar-refractivity contribution in [3.63, 3.8) is 0 Å². The summed E-state index contributed by atoms with van der Waals surface area (Å²) in [5, 5.41) is 3.15. The molecule has 1 aromatic carbocycles. The number of amides is 1. The van der Waals surface area contributed by atoms with Crippen LogP contribution in [0.15, 0.2) is 48.7 Å². The van der Waals surface area contributed by atoms with Crippen LogP contribution in [0.1, 0.15) is 41.6 Å². The Kier molecular flexibility index (Phi) is 6.75. The summed E-state index contributed by atoms with van der Waals surface area (Å²) in [6, 6.07) is 14.3. The smallest absolute Gasteiger partial charge is 0.253 e. The number of ether oxygens (including phenoxy) is 2. The Morgan fingerprint density at radius 3 is 2.66 bits per heavy atom. The molecule has 0 saturated carbocycles. The van der Waals surface area contributed by atoms with E-state index >= 15 is 0 Å². The summed E-state index contributed by atoms with van der Waals surface area (Å²) in [4.78, 5) is 19.2. The van der Waals surface area contributed by atoms with Crippen molar-refractivity contribution < 1.29 is 14.3 Å². The molecular weight excluding hydrogens is 366 g/mol. The first-order valence-electron chi connectivity index (χ1n) is 10.5. The molecule has 2 saturated heterocycles. The summed E-state index contributed by atoms with van der Waals surface area (Å²) in [5.74, 6) is 0.468. The molecule has 0 bridgehead atoms. The van der Waals surface area contributed by atoms with Crippen molar-refractivity contribution in [2.45, 2.75) is 44.4 Å². The van der Waals surface area contributed by atoms with E-state index in [2.05, 4.69) is 39.5 Å². The third-order valence-electron chi connectivity index (χ3n) is 5.61. The summed E-state index contributed by atoms with van der Waals surface area (Å²) in [6.07, 6.45) is 5.80. The van der Waals surface area contributed by atoms with Crippen LogP contribution in [0.2, 0.25) is 0 Å². The van der Waals surface area contributed by atoms with Crippen LogP contribution in [0.5, 0.6) is 5.88 Å². The molecule has 1 aromatic heterocycles. The van der Waals surface area contributed by atoms with Gasteiger partial charge in [0.05, 0.1) is 11.7 Å². The molecule has 0 radical (unpaired) electrons. The summed E-state index contributed by atoms with van der Waals surface area (Å²) >= 11 is 0. The number of likely N-dealkylation sites (tertiary alicyclic amines) is 1. The lowest BCUT2D eigenvalue weighted by Crippen LogP contribution is -2.44. The SMILES string of the molecule is O=C(NC1CCN(Cc2ccccc2)CC1)c1ccc(OCC2CCCO2)nc1. The van der Waals surface area contributed by atoms with Gasteiger partial charge in [0.15, 0.2) is 0 Å². The van der Waals surface area contributed by atoms with Gasteiger partial charge in [-0.25, -0.2) is 4.98 Å². The van der Waals surface area contributed by atoms with E-state index in [0.717, 1.165) is 51.9 Å². The molecular formula is C23H29N3O3. The van der Waals surface area contributed by atoms with Crippen molar-refractivity contribution >= 4 is 5.91 Å². The zero-order valence-electron chi connectivity index (χ0n) is 16.8. The molecule has 0 aliphatic carbocycles. The molecule has 2 aliphatic rings. The molecule has 6 heteroatoms. The molecule has 1 amide bonds. The first-order chi connectivity index (χ1) is 14.3. The van der Waals surface area contributed by atoms with Crippen LogP contribution in [0.25, 0.3) is 0 Å². The maximum Gasteiger partial charge on any atom is 0.253 e. The zero-order chi connectivity index (χ0) is 19.9. The molecule has 154 valence electrons. The lowest BCUT2D eigenvalue weighted by Gasteiger charge is -2.32. The predicted octanol–water partition coefficient (Wildman–Crippen LogP) is 3.03. The molecule has 1 atom stereocenters. The monoisotopic (exact) mass is 395 g/mol. The number of hydrogen-bond acceptors (Lipinski definition) is 5. The molecule has 29 heavy (non-hydrogen) atoms. The fourth-order valence-electron chi connectivity index (χ4n) is 3.90. The number of rotatable bonds is 7. The maximum atomic E-state index is 12.5. The van der Waals surface area contributed by atoms with Crippen LogP contribution >= 0.6 is 0 Å². The second-order valence-corrected chi connectivity index (χ2v) is 7.84. The van der Waals surface area contributed by atoms with Crippen LogP contribution < -0.4 is 10.1 Å². The van der Waals surface area contributed by atoms with Gasteiger partial charge in [-0.3, -0.25) is 9.69 Å². The van der Waals surface area contributed by atoms with Crippen molar-refractivity contribution in [2.24, 2.45) is 0 Å². The molecule has 2 fully saturated rings. The third-order valence-corrected chi connectivity index (χ3v) is 5.61. The molecule has 1 N–H and O–H groups in total. The van der Waals surface area contributed by atoms with E-state index in [-0.39, 0.29) is 18.1 Å². The van der Waals surface area contributed by atoms with Gasteiger partial charge in [-0.05, 0) is 37.3 Å². The number of carbonyl (C=O) groups excluding carboxylic acids is 1.